The molecule has 0 aromatic carbocycles. The summed E-state index contributed by atoms with van der Waals surface area (Å²) in [4.78, 5) is 17.0. The van der Waals surface area contributed by atoms with E-state index in [9.17, 15) is 4.57 Å². The topological polar surface area (TPSA) is 79.3 Å². The summed E-state index contributed by atoms with van der Waals surface area (Å²) in [5, 5.41) is 0. The van der Waals surface area contributed by atoms with Gasteiger partial charge in [-0.25, -0.2) is 4.57 Å². The molecule has 0 radical (unpaired) electrons. The molecule has 5 nitrogen and oxygen atoms in total. The van der Waals surface area contributed by atoms with Gasteiger partial charge in [0, 0.05) is 0 Å². The summed E-state index contributed by atoms with van der Waals surface area (Å²) in [6.07, 6.45) is 1.65. The molecule has 0 saturated carbocycles. The molecule has 1 heterocycles. The van der Waals surface area contributed by atoms with Gasteiger partial charge < -0.3 is 14.5 Å². The average molecular weight is 210 g/mol. The molecule has 0 aliphatic carbocycles. The van der Waals surface area contributed by atoms with Gasteiger partial charge in [-0.05, 0) is 12.8 Å². The molecule has 6 heteroatoms. The van der Waals surface area contributed by atoms with Crippen LogP contribution in [0.2, 0.25) is 0 Å². The zero-order chi connectivity index (χ0) is 10.1. The highest BCUT2D eigenvalue weighted by atomic mass is 31.2. The van der Waals surface area contributed by atoms with Gasteiger partial charge in [-0.15, -0.1) is 0 Å². The smallest absolute Gasteiger partial charge is 0.364 e. The Hall–Kier alpha value is 0.0700. The summed E-state index contributed by atoms with van der Waals surface area (Å²) < 4.78 is 20.2. The van der Waals surface area contributed by atoms with Gasteiger partial charge in [0.15, 0.2) is 0 Å². The first-order valence-corrected chi connectivity index (χ1v) is 5.84. The average Bonchev–Trinajstić information content (AvgIpc) is 2.75. The van der Waals surface area contributed by atoms with Crippen molar-refractivity contribution in [3.63, 3.8) is 0 Å². The van der Waals surface area contributed by atoms with Crippen molar-refractivity contribution in [1.29, 1.82) is 0 Å². The molecule has 1 aliphatic rings. The molecule has 0 aromatic rings. The van der Waals surface area contributed by atoms with Crippen LogP contribution >= 0.6 is 7.82 Å². The molecule has 0 amide bonds. The van der Waals surface area contributed by atoms with Crippen LogP contribution in [0.25, 0.3) is 0 Å². The number of rotatable bonds is 5. The quantitative estimate of drug-likeness (QED) is 0.523. The molecule has 1 saturated heterocycles. The van der Waals surface area contributed by atoms with Crippen LogP contribution < -0.4 is 0 Å². The number of hydrogen-bond donors (Lipinski definition) is 2. The molecule has 1 aliphatic heterocycles. The SMILES string of the molecule is CCC1OC1(CC)COP(=O)(O)O. The molecule has 13 heavy (non-hydrogen) atoms. The summed E-state index contributed by atoms with van der Waals surface area (Å²) in [6.45, 7) is 3.87. The van der Waals surface area contributed by atoms with Crippen LogP contribution in [0.15, 0.2) is 0 Å². The van der Waals surface area contributed by atoms with Crippen LogP contribution in [0.5, 0.6) is 0 Å². The molecule has 2 N–H and O–H groups in total. The lowest BCUT2D eigenvalue weighted by molar-refractivity contribution is 0.138. The lowest BCUT2D eigenvalue weighted by Gasteiger charge is -2.11. The minimum Gasteiger partial charge on any atom is -0.364 e. The first-order chi connectivity index (χ1) is 5.93. The highest BCUT2D eigenvalue weighted by molar-refractivity contribution is 7.46. The van der Waals surface area contributed by atoms with E-state index < -0.39 is 13.4 Å². The normalized spacial score (nSPS) is 33.4. The van der Waals surface area contributed by atoms with Crippen molar-refractivity contribution in [2.75, 3.05) is 6.61 Å². The maximum atomic E-state index is 10.4. The number of epoxide rings is 1. The minimum absolute atomic E-state index is 0.0215. The van der Waals surface area contributed by atoms with E-state index in [4.69, 9.17) is 14.5 Å². The van der Waals surface area contributed by atoms with Crippen LogP contribution in [-0.2, 0) is 13.8 Å². The first kappa shape index (κ1) is 11.1. The summed E-state index contributed by atoms with van der Waals surface area (Å²) in [5.41, 5.74) is -0.449. The Morgan fingerprint density at radius 2 is 2.15 bits per heavy atom. The van der Waals surface area contributed by atoms with E-state index in [1.807, 2.05) is 13.8 Å². The van der Waals surface area contributed by atoms with Crippen LogP contribution in [0.1, 0.15) is 26.7 Å². The molecule has 0 aromatic heterocycles. The van der Waals surface area contributed by atoms with Gasteiger partial charge in [0.25, 0.3) is 0 Å². The summed E-state index contributed by atoms with van der Waals surface area (Å²) in [6, 6.07) is 0. The zero-order valence-corrected chi connectivity index (χ0v) is 8.66. The number of hydrogen-bond acceptors (Lipinski definition) is 3. The van der Waals surface area contributed by atoms with Crippen LogP contribution in [0, 0.1) is 0 Å². The van der Waals surface area contributed by atoms with Crippen LogP contribution in [0.4, 0.5) is 0 Å². The van der Waals surface area contributed by atoms with E-state index in [1.165, 1.54) is 0 Å². The molecule has 1 rings (SSSR count). The monoisotopic (exact) mass is 210 g/mol. The maximum Gasteiger partial charge on any atom is 0.469 e. The largest absolute Gasteiger partial charge is 0.469 e. The third kappa shape index (κ3) is 2.76. The van der Waals surface area contributed by atoms with Gasteiger partial charge in [-0.2, -0.15) is 0 Å². The molecule has 0 bridgehead atoms. The van der Waals surface area contributed by atoms with Crippen molar-refractivity contribution < 1.29 is 23.6 Å². The second-order valence-corrected chi connectivity index (χ2v) is 4.44. The highest BCUT2D eigenvalue weighted by Gasteiger charge is 2.54. The Bertz CT molecular complexity index is 225. The van der Waals surface area contributed by atoms with Crippen LogP contribution in [-0.4, -0.2) is 28.1 Å². The molecular weight excluding hydrogens is 195 g/mol. The lowest BCUT2D eigenvalue weighted by Crippen LogP contribution is -2.20. The Kier molecular flexibility index (Phi) is 3.15. The standard InChI is InChI=1S/C7H15O5P/c1-3-6-7(4-2,12-6)5-11-13(8,9)10/h6H,3-5H2,1-2H3,(H2,8,9,10). The second-order valence-electron chi connectivity index (χ2n) is 3.20. The minimum atomic E-state index is -4.35. The Balaban J connectivity index is 2.40. The third-order valence-corrected chi connectivity index (χ3v) is 2.82. The lowest BCUT2D eigenvalue weighted by atomic mass is 10.0. The van der Waals surface area contributed by atoms with E-state index >= 15 is 0 Å². The van der Waals surface area contributed by atoms with Gasteiger partial charge in [0.1, 0.15) is 5.60 Å². The molecule has 1 fully saturated rings. The number of phosphoric ester groups is 1. The molecular formula is C7H15O5P. The fourth-order valence-electron chi connectivity index (χ4n) is 1.44. The molecule has 0 spiro atoms. The van der Waals surface area contributed by atoms with Gasteiger partial charge in [0.2, 0.25) is 0 Å². The van der Waals surface area contributed by atoms with E-state index in [0.717, 1.165) is 6.42 Å². The third-order valence-electron chi connectivity index (χ3n) is 2.35. The summed E-state index contributed by atoms with van der Waals surface area (Å²) >= 11 is 0. The first-order valence-electron chi connectivity index (χ1n) is 4.31. The fraction of sp³-hybridized carbons (Fsp3) is 1.00. The van der Waals surface area contributed by atoms with Gasteiger partial charge in [-0.3, -0.25) is 4.52 Å². The van der Waals surface area contributed by atoms with Gasteiger partial charge >= 0.3 is 7.82 Å². The van der Waals surface area contributed by atoms with Crippen molar-refractivity contribution >= 4 is 7.82 Å². The summed E-state index contributed by atoms with van der Waals surface area (Å²) in [5.74, 6) is 0. The second kappa shape index (κ2) is 3.67. The van der Waals surface area contributed by atoms with Crippen LogP contribution in [0.3, 0.4) is 0 Å². The predicted octanol–water partition coefficient (Wildman–Crippen LogP) is 1.05. The Labute approximate surface area is 77.3 Å². The van der Waals surface area contributed by atoms with Crippen molar-refractivity contribution in [3.8, 4) is 0 Å². The van der Waals surface area contributed by atoms with Gasteiger partial charge in [-0.1, -0.05) is 13.8 Å². The highest BCUT2D eigenvalue weighted by Crippen LogP contribution is 2.46. The molecule has 2 unspecified atom stereocenters. The zero-order valence-electron chi connectivity index (χ0n) is 7.77. The summed E-state index contributed by atoms with van der Waals surface area (Å²) in [7, 11) is -4.35. The van der Waals surface area contributed by atoms with E-state index in [1.54, 1.807) is 0 Å². The van der Waals surface area contributed by atoms with E-state index in [0.29, 0.717) is 6.42 Å². The molecule has 78 valence electrons. The van der Waals surface area contributed by atoms with Gasteiger partial charge in [0.05, 0.1) is 12.7 Å². The maximum absolute atomic E-state index is 10.4. The molecule has 2 atom stereocenters. The van der Waals surface area contributed by atoms with Crippen molar-refractivity contribution in [2.24, 2.45) is 0 Å². The van der Waals surface area contributed by atoms with Crippen molar-refractivity contribution in [1.82, 2.24) is 0 Å². The number of ether oxygens (including phenoxy) is 1. The fourth-order valence-corrected chi connectivity index (χ4v) is 1.82. The predicted molar refractivity (Wildman–Crippen MR) is 46.2 cm³/mol. The Morgan fingerprint density at radius 3 is 2.46 bits per heavy atom. The van der Waals surface area contributed by atoms with Crippen molar-refractivity contribution in [2.45, 2.75) is 38.4 Å². The number of phosphoric acid groups is 1. The van der Waals surface area contributed by atoms with E-state index in [-0.39, 0.29) is 12.7 Å². The Morgan fingerprint density at radius 1 is 1.54 bits per heavy atom. The van der Waals surface area contributed by atoms with E-state index in [2.05, 4.69) is 4.52 Å². The van der Waals surface area contributed by atoms with Crippen molar-refractivity contribution in [3.05, 3.63) is 0 Å².